The number of hydrogen-bond donors (Lipinski definition) is 0. The number of piperidine rings is 3. The summed E-state index contributed by atoms with van der Waals surface area (Å²) >= 11 is 0. The molecule has 78 valence electrons. The molecule has 0 unspecified atom stereocenters. The molecule has 4 heteroatoms. The van der Waals surface area contributed by atoms with E-state index in [-0.39, 0.29) is 0 Å². The summed E-state index contributed by atoms with van der Waals surface area (Å²) in [7, 11) is 1.38. The molecule has 0 saturated carbocycles. The van der Waals surface area contributed by atoms with Gasteiger partial charge >= 0.3 is 0 Å². The van der Waals surface area contributed by atoms with Gasteiger partial charge in [0.25, 0.3) is 0 Å². The zero-order chi connectivity index (χ0) is 10.2. The molecule has 0 aromatic heterocycles. The van der Waals surface area contributed by atoms with Crippen molar-refractivity contribution < 1.29 is 4.84 Å². The van der Waals surface area contributed by atoms with E-state index >= 15 is 0 Å². The Morgan fingerprint density at radius 1 is 1.36 bits per heavy atom. The minimum atomic E-state index is 1.01. The molecule has 0 atom stereocenters. The highest BCUT2D eigenvalue weighted by Gasteiger charge is 2.24. The minimum absolute atomic E-state index is 1.01. The largest absolute Gasteiger partial charge is 0.399 e. The number of hydrogen-bond acceptors (Lipinski definition) is 4. The highest BCUT2D eigenvalue weighted by Crippen LogP contribution is 2.26. The fourth-order valence-corrected chi connectivity index (χ4v) is 1.94. The third-order valence-electron chi connectivity index (χ3n) is 2.78. The molecule has 3 heterocycles. The van der Waals surface area contributed by atoms with Gasteiger partial charge < -0.3 is 9.74 Å². The van der Waals surface area contributed by atoms with Crippen molar-refractivity contribution in [3.63, 3.8) is 0 Å². The van der Waals surface area contributed by atoms with Gasteiger partial charge in [-0.3, -0.25) is 0 Å². The Hall–Kier alpha value is -1.08. The molecule has 3 saturated heterocycles. The van der Waals surface area contributed by atoms with Crippen LogP contribution in [0.2, 0.25) is 0 Å². The Kier molecular flexibility index (Phi) is 5.02. The molecule has 0 spiro atoms. The van der Waals surface area contributed by atoms with Crippen LogP contribution in [0.1, 0.15) is 19.3 Å². The average Bonchev–Trinajstić information content (AvgIpc) is 2.30. The van der Waals surface area contributed by atoms with Crippen molar-refractivity contribution in [1.29, 1.82) is 5.26 Å². The molecule has 2 bridgehead atoms. The molecular weight excluding hydrogens is 178 g/mol. The summed E-state index contributed by atoms with van der Waals surface area (Å²) in [6.45, 7) is 4.18. The van der Waals surface area contributed by atoms with Gasteiger partial charge in [-0.1, -0.05) is 5.16 Å². The zero-order valence-corrected chi connectivity index (χ0v) is 8.65. The molecule has 0 aromatic carbocycles. The Bertz CT molecular complexity index is 191. The molecule has 4 nitrogen and oxygen atoms in total. The van der Waals surface area contributed by atoms with Gasteiger partial charge in [-0.2, -0.15) is 5.26 Å². The number of oxime groups is 1. The van der Waals surface area contributed by atoms with Crippen molar-refractivity contribution in [3.8, 4) is 6.07 Å². The predicted octanol–water partition coefficient (Wildman–Crippen LogP) is 1.24. The molecule has 0 radical (unpaired) electrons. The Morgan fingerprint density at radius 3 is 2.07 bits per heavy atom. The molecule has 3 aliphatic heterocycles. The van der Waals surface area contributed by atoms with Crippen LogP contribution in [-0.4, -0.2) is 37.9 Å². The first kappa shape index (κ1) is 11.0. The van der Waals surface area contributed by atoms with Gasteiger partial charge in [-0.15, -0.1) is 0 Å². The van der Waals surface area contributed by atoms with Gasteiger partial charge in [0.2, 0.25) is 0 Å². The summed E-state index contributed by atoms with van der Waals surface area (Å²) in [5.41, 5.74) is 0. The lowest BCUT2D eigenvalue weighted by atomic mass is 9.89. The van der Waals surface area contributed by atoms with Crippen LogP contribution in [0.3, 0.4) is 0 Å². The first-order valence-corrected chi connectivity index (χ1v) is 5.03. The number of nitriles is 1. The lowest BCUT2D eigenvalue weighted by Crippen LogP contribution is -2.41. The first-order chi connectivity index (χ1) is 6.86. The van der Waals surface area contributed by atoms with E-state index in [1.807, 2.05) is 0 Å². The van der Waals surface area contributed by atoms with Crippen molar-refractivity contribution in [3.05, 3.63) is 0 Å². The second kappa shape index (κ2) is 6.39. The van der Waals surface area contributed by atoms with Crippen LogP contribution in [0.5, 0.6) is 0 Å². The molecule has 14 heavy (non-hydrogen) atoms. The lowest BCUT2D eigenvalue weighted by Gasteiger charge is -2.38. The van der Waals surface area contributed by atoms with Crippen molar-refractivity contribution >= 4 is 6.21 Å². The van der Waals surface area contributed by atoms with Crippen molar-refractivity contribution in [2.24, 2.45) is 11.1 Å². The van der Waals surface area contributed by atoms with Gasteiger partial charge in [-0.25, -0.2) is 0 Å². The third kappa shape index (κ3) is 3.75. The molecule has 0 N–H and O–H groups in total. The SMILES string of the molecule is C1CN2CCC1CC2.CO/N=C/C#N. The van der Waals surface area contributed by atoms with Gasteiger partial charge in [0.1, 0.15) is 19.4 Å². The standard InChI is InChI=1S/C7H13N.C3H4N2O/c1-4-8-5-2-7(1)3-6-8;1-6-5-3-2-4/h7H,1-6H2;3H,1H3/b;5-3+. The van der Waals surface area contributed by atoms with E-state index in [4.69, 9.17) is 5.26 Å². The van der Waals surface area contributed by atoms with E-state index in [0.29, 0.717) is 0 Å². The molecule has 3 fully saturated rings. The van der Waals surface area contributed by atoms with E-state index in [0.717, 1.165) is 12.1 Å². The zero-order valence-electron chi connectivity index (χ0n) is 8.65. The maximum atomic E-state index is 7.72. The fourth-order valence-electron chi connectivity index (χ4n) is 1.94. The molecular formula is C10H17N3O. The molecule has 0 amide bonds. The van der Waals surface area contributed by atoms with E-state index < -0.39 is 0 Å². The van der Waals surface area contributed by atoms with Crippen molar-refractivity contribution in [1.82, 2.24) is 4.90 Å². The highest BCUT2D eigenvalue weighted by atomic mass is 16.6. The third-order valence-corrected chi connectivity index (χ3v) is 2.78. The molecule has 3 aliphatic rings. The van der Waals surface area contributed by atoms with Crippen LogP contribution >= 0.6 is 0 Å². The summed E-state index contributed by atoms with van der Waals surface area (Å²) in [4.78, 5) is 6.71. The Balaban J connectivity index is 0.000000149. The van der Waals surface area contributed by atoms with E-state index in [1.165, 1.54) is 46.0 Å². The van der Waals surface area contributed by atoms with E-state index in [2.05, 4.69) is 14.9 Å². The summed E-state index contributed by atoms with van der Waals surface area (Å²) in [5, 5.41) is 10.8. The molecule has 0 aliphatic carbocycles. The minimum Gasteiger partial charge on any atom is -0.399 e. The van der Waals surface area contributed by atoms with Crippen molar-refractivity contribution in [2.45, 2.75) is 19.3 Å². The van der Waals surface area contributed by atoms with Gasteiger partial charge in [-0.05, 0) is 44.8 Å². The summed E-state index contributed by atoms with van der Waals surface area (Å²) in [6, 6.07) is 1.65. The second-order valence-corrected chi connectivity index (χ2v) is 3.62. The highest BCUT2D eigenvalue weighted by molar-refractivity contribution is 5.74. The summed E-state index contributed by atoms with van der Waals surface area (Å²) < 4.78 is 0. The fraction of sp³-hybridized carbons (Fsp3) is 0.800. The normalized spacial score (nSPS) is 29.1. The first-order valence-electron chi connectivity index (χ1n) is 5.03. The van der Waals surface area contributed by atoms with Crippen LogP contribution in [-0.2, 0) is 4.84 Å². The van der Waals surface area contributed by atoms with Crippen LogP contribution < -0.4 is 0 Å². The average molecular weight is 195 g/mol. The van der Waals surface area contributed by atoms with Crippen molar-refractivity contribution in [2.75, 3.05) is 26.7 Å². The van der Waals surface area contributed by atoms with Crippen LogP contribution in [0.25, 0.3) is 0 Å². The van der Waals surface area contributed by atoms with E-state index in [1.54, 1.807) is 6.07 Å². The van der Waals surface area contributed by atoms with Crippen LogP contribution in [0.15, 0.2) is 5.16 Å². The van der Waals surface area contributed by atoms with Crippen LogP contribution in [0, 0.1) is 17.2 Å². The molecule has 3 rings (SSSR count). The Labute approximate surface area is 85.1 Å². The summed E-state index contributed by atoms with van der Waals surface area (Å²) in [6.07, 6.45) is 5.47. The molecule has 0 aromatic rings. The van der Waals surface area contributed by atoms with Gasteiger partial charge in [0.05, 0.1) is 0 Å². The van der Waals surface area contributed by atoms with Gasteiger partial charge in [0.15, 0.2) is 0 Å². The Morgan fingerprint density at radius 2 is 1.93 bits per heavy atom. The number of nitrogens with zero attached hydrogens (tertiary/aromatic N) is 3. The second-order valence-electron chi connectivity index (χ2n) is 3.62. The lowest BCUT2D eigenvalue weighted by molar-refractivity contribution is 0.111. The topological polar surface area (TPSA) is 48.6 Å². The van der Waals surface area contributed by atoms with Gasteiger partial charge in [0, 0.05) is 0 Å². The number of fused-ring (bicyclic) bond motifs is 3. The predicted molar refractivity (Wildman–Crippen MR) is 54.9 cm³/mol. The summed E-state index contributed by atoms with van der Waals surface area (Å²) in [5.74, 6) is 1.11. The smallest absolute Gasteiger partial charge is 0.143 e. The van der Waals surface area contributed by atoms with E-state index in [9.17, 15) is 0 Å². The monoisotopic (exact) mass is 195 g/mol. The number of rotatable bonds is 1. The van der Waals surface area contributed by atoms with Crippen LogP contribution in [0.4, 0.5) is 0 Å². The quantitative estimate of drug-likeness (QED) is 0.467. The maximum absolute atomic E-state index is 7.72. The maximum Gasteiger partial charge on any atom is 0.143 e.